The summed E-state index contributed by atoms with van der Waals surface area (Å²) in [7, 11) is 0. The van der Waals surface area contributed by atoms with E-state index in [-0.39, 0.29) is 0 Å². The summed E-state index contributed by atoms with van der Waals surface area (Å²) >= 11 is 6.13. The number of benzene rings is 1. The average Bonchev–Trinajstić information content (AvgIpc) is 2.70. The summed E-state index contributed by atoms with van der Waals surface area (Å²) in [6.07, 6.45) is 0.904. The number of anilines is 1. The van der Waals surface area contributed by atoms with Gasteiger partial charge in [0.2, 0.25) is 5.95 Å². The van der Waals surface area contributed by atoms with Crippen molar-refractivity contribution >= 4 is 17.5 Å². The Hall–Kier alpha value is -1.55. The van der Waals surface area contributed by atoms with Crippen LogP contribution in [-0.4, -0.2) is 14.8 Å². The average molecular weight is 277 g/mol. The second-order valence-electron chi connectivity index (χ2n) is 5.36. The number of aromatic nitrogens is 3. The predicted molar refractivity (Wildman–Crippen MR) is 76.2 cm³/mol. The SMILES string of the molecule is Cc1ccc(Cl)cc1C1Cn2nc(N)nc2CC1C. The third-order valence-electron chi connectivity index (χ3n) is 3.97. The summed E-state index contributed by atoms with van der Waals surface area (Å²) in [5, 5.41) is 5.05. The lowest BCUT2D eigenvalue weighted by Gasteiger charge is -2.30. The van der Waals surface area contributed by atoms with Crippen LogP contribution in [0.2, 0.25) is 5.02 Å². The van der Waals surface area contributed by atoms with Crippen molar-refractivity contribution in [1.82, 2.24) is 14.8 Å². The lowest BCUT2D eigenvalue weighted by atomic mass is 9.81. The van der Waals surface area contributed by atoms with Crippen LogP contribution in [0.3, 0.4) is 0 Å². The molecule has 2 heterocycles. The topological polar surface area (TPSA) is 56.7 Å². The summed E-state index contributed by atoms with van der Waals surface area (Å²) < 4.78 is 1.93. The minimum atomic E-state index is 0.366. The Morgan fingerprint density at radius 3 is 3.00 bits per heavy atom. The van der Waals surface area contributed by atoms with Crippen LogP contribution >= 0.6 is 11.6 Å². The maximum atomic E-state index is 6.13. The smallest absolute Gasteiger partial charge is 0.239 e. The van der Waals surface area contributed by atoms with Gasteiger partial charge >= 0.3 is 0 Å². The van der Waals surface area contributed by atoms with Crippen molar-refractivity contribution in [1.29, 1.82) is 0 Å². The number of nitrogen functional groups attached to an aromatic ring is 1. The molecule has 2 unspecified atom stereocenters. The molecule has 0 saturated carbocycles. The molecule has 1 aromatic heterocycles. The molecule has 100 valence electrons. The van der Waals surface area contributed by atoms with Crippen molar-refractivity contribution in [2.24, 2.45) is 5.92 Å². The number of hydrogen-bond donors (Lipinski definition) is 1. The van der Waals surface area contributed by atoms with Crippen LogP contribution in [0, 0.1) is 12.8 Å². The Kier molecular flexibility index (Phi) is 2.97. The van der Waals surface area contributed by atoms with Gasteiger partial charge in [-0.1, -0.05) is 24.6 Å². The van der Waals surface area contributed by atoms with E-state index in [9.17, 15) is 0 Å². The van der Waals surface area contributed by atoms with Crippen LogP contribution in [0.15, 0.2) is 18.2 Å². The highest BCUT2D eigenvalue weighted by molar-refractivity contribution is 6.30. The minimum Gasteiger partial charge on any atom is -0.366 e. The van der Waals surface area contributed by atoms with E-state index >= 15 is 0 Å². The fourth-order valence-electron chi connectivity index (χ4n) is 2.90. The highest BCUT2D eigenvalue weighted by Crippen LogP contribution is 2.35. The van der Waals surface area contributed by atoms with Gasteiger partial charge < -0.3 is 5.73 Å². The number of halogens is 1. The molecule has 0 radical (unpaired) electrons. The molecule has 2 N–H and O–H groups in total. The number of nitrogens with zero attached hydrogens (tertiary/aromatic N) is 3. The standard InChI is InChI=1S/C14H17ClN4/c1-8-3-4-10(15)6-11(8)12-7-19-13(5-9(12)2)17-14(16)18-19/h3-4,6,9,12H,5,7H2,1-2H3,(H2,16,18). The Balaban J connectivity index is 2.00. The Morgan fingerprint density at radius 1 is 1.42 bits per heavy atom. The number of fused-ring (bicyclic) bond motifs is 1. The van der Waals surface area contributed by atoms with Gasteiger partial charge in [-0.3, -0.25) is 0 Å². The maximum Gasteiger partial charge on any atom is 0.239 e. The molecule has 0 spiro atoms. The molecule has 5 heteroatoms. The highest BCUT2D eigenvalue weighted by Gasteiger charge is 2.29. The van der Waals surface area contributed by atoms with Gasteiger partial charge in [-0.2, -0.15) is 4.98 Å². The molecular weight excluding hydrogens is 260 g/mol. The molecule has 1 aromatic carbocycles. The van der Waals surface area contributed by atoms with Crippen LogP contribution in [-0.2, 0) is 13.0 Å². The molecule has 0 fully saturated rings. The van der Waals surface area contributed by atoms with Gasteiger partial charge in [-0.05, 0) is 36.1 Å². The van der Waals surface area contributed by atoms with E-state index in [2.05, 4.69) is 36.1 Å². The van der Waals surface area contributed by atoms with Gasteiger partial charge in [0.1, 0.15) is 5.82 Å². The number of aryl methyl sites for hydroxylation is 1. The van der Waals surface area contributed by atoms with E-state index in [0.717, 1.165) is 23.8 Å². The predicted octanol–water partition coefficient (Wildman–Crippen LogP) is 2.80. The van der Waals surface area contributed by atoms with Gasteiger partial charge in [-0.25, -0.2) is 4.68 Å². The van der Waals surface area contributed by atoms with Crippen LogP contribution in [0.4, 0.5) is 5.95 Å². The fourth-order valence-corrected chi connectivity index (χ4v) is 3.08. The van der Waals surface area contributed by atoms with Crippen molar-refractivity contribution in [3.05, 3.63) is 40.2 Å². The zero-order valence-electron chi connectivity index (χ0n) is 11.1. The van der Waals surface area contributed by atoms with E-state index in [1.54, 1.807) is 0 Å². The minimum absolute atomic E-state index is 0.366. The quantitative estimate of drug-likeness (QED) is 0.871. The van der Waals surface area contributed by atoms with E-state index in [4.69, 9.17) is 17.3 Å². The van der Waals surface area contributed by atoms with Crippen molar-refractivity contribution < 1.29 is 0 Å². The number of nitrogens with two attached hydrogens (primary N) is 1. The molecule has 0 amide bonds. The van der Waals surface area contributed by atoms with Crippen molar-refractivity contribution in [3.8, 4) is 0 Å². The van der Waals surface area contributed by atoms with E-state index < -0.39 is 0 Å². The summed E-state index contributed by atoms with van der Waals surface area (Å²) in [5.41, 5.74) is 8.26. The molecule has 1 aliphatic rings. The largest absolute Gasteiger partial charge is 0.366 e. The molecule has 2 atom stereocenters. The Morgan fingerprint density at radius 2 is 2.21 bits per heavy atom. The summed E-state index contributed by atoms with van der Waals surface area (Å²) in [4.78, 5) is 4.27. The van der Waals surface area contributed by atoms with Crippen molar-refractivity contribution in [2.45, 2.75) is 32.7 Å². The van der Waals surface area contributed by atoms with E-state index in [1.165, 1.54) is 11.1 Å². The van der Waals surface area contributed by atoms with Gasteiger partial charge in [0.15, 0.2) is 0 Å². The van der Waals surface area contributed by atoms with E-state index in [1.807, 2.05) is 10.7 Å². The Labute approximate surface area is 117 Å². The molecule has 0 aliphatic carbocycles. The first-order valence-electron chi connectivity index (χ1n) is 6.50. The monoisotopic (exact) mass is 276 g/mol. The second kappa shape index (κ2) is 4.53. The molecule has 0 saturated heterocycles. The second-order valence-corrected chi connectivity index (χ2v) is 5.79. The molecular formula is C14H17ClN4. The highest BCUT2D eigenvalue weighted by atomic mass is 35.5. The summed E-state index contributed by atoms with van der Waals surface area (Å²) in [6, 6.07) is 6.09. The van der Waals surface area contributed by atoms with E-state index in [0.29, 0.717) is 17.8 Å². The molecule has 0 bridgehead atoms. The first-order chi connectivity index (χ1) is 9.04. The fraction of sp³-hybridized carbons (Fsp3) is 0.429. The van der Waals surface area contributed by atoms with Crippen molar-refractivity contribution in [3.63, 3.8) is 0 Å². The van der Waals surface area contributed by atoms with Crippen LogP contribution in [0.1, 0.15) is 29.8 Å². The van der Waals surface area contributed by atoms with Gasteiger partial charge in [0.25, 0.3) is 0 Å². The van der Waals surface area contributed by atoms with Crippen LogP contribution in [0.5, 0.6) is 0 Å². The number of hydrogen-bond acceptors (Lipinski definition) is 3. The van der Waals surface area contributed by atoms with Crippen LogP contribution in [0.25, 0.3) is 0 Å². The molecule has 3 rings (SSSR count). The lowest BCUT2D eigenvalue weighted by Crippen LogP contribution is -2.27. The summed E-state index contributed by atoms with van der Waals surface area (Å²) in [5.74, 6) is 2.27. The van der Waals surface area contributed by atoms with Crippen LogP contribution < -0.4 is 5.73 Å². The van der Waals surface area contributed by atoms with Gasteiger partial charge in [0, 0.05) is 17.4 Å². The first-order valence-corrected chi connectivity index (χ1v) is 6.87. The van der Waals surface area contributed by atoms with Gasteiger partial charge in [0.05, 0.1) is 6.54 Å². The zero-order valence-corrected chi connectivity index (χ0v) is 11.9. The maximum absolute atomic E-state index is 6.13. The van der Waals surface area contributed by atoms with Gasteiger partial charge in [-0.15, -0.1) is 5.10 Å². The molecule has 4 nitrogen and oxygen atoms in total. The lowest BCUT2D eigenvalue weighted by molar-refractivity contribution is 0.329. The molecule has 1 aliphatic heterocycles. The third-order valence-corrected chi connectivity index (χ3v) is 4.20. The normalized spacial score (nSPS) is 22.3. The zero-order chi connectivity index (χ0) is 13.6. The first kappa shape index (κ1) is 12.5. The number of rotatable bonds is 1. The molecule has 2 aromatic rings. The summed E-state index contributed by atoms with van der Waals surface area (Å²) in [6.45, 7) is 5.20. The van der Waals surface area contributed by atoms with Crippen molar-refractivity contribution in [2.75, 3.05) is 5.73 Å². The molecule has 19 heavy (non-hydrogen) atoms. The third kappa shape index (κ3) is 2.21. The Bertz CT molecular complexity index is 620.